The average Bonchev–Trinajstić information content (AvgIpc) is 2.86. The zero-order chi connectivity index (χ0) is 14.3. The Kier molecular flexibility index (Phi) is 3.36. The molecule has 0 atom stereocenters. The van der Waals surface area contributed by atoms with Crippen LogP contribution in [0.5, 0.6) is 0 Å². The molecule has 2 nitrogen and oxygen atoms in total. The summed E-state index contributed by atoms with van der Waals surface area (Å²) in [5.41, 5.74) is 0.658. The van der Waals surface area contributed by atoms with Crippen LogP contribution < -0.4 is 0 Å². The van der Waals surface area contributed by atoms with Crippen molar-refractivity contribution in [3.8, 4) is 0 Å². The standard InChI is InChI=1S/C15H7BrClFO2/c16-11-3-1-2-8-6-13(20-15(8)11)14(19)10-7-9(18)4-5-12(10)17/h1-7H. The van der Waals surface area contributed by atoms with E-state index in [1.165, 1.54) is 12.1 Å². The van der Waals surface area contributed by atoms with Gasteiger partial charge in [-0.05, 0) is 46.3 Å². The molecule has 5 heteroatoms. The van der Waals surface area contributed by atoms with Gasteiger partial charge in [0.1, 0.15) is 11.4 Å². The molecule has 2 aromatic carbocycles. The van der Waals surface area contributed by atoms with E-state index in [4.69, 9.17) is 16.0 Å². The predicted molar refractivity (Wildman–Crippen MR) is 78.8 cm³/mol. The van der Waals surface area contributed by atoms with Crippen molar-refractivity contribution in [2.75, 3.05) is 0 Å². The number of hydrogen-bond donors (Lipinski definition) is 0. The van der Waals surface area contributed by atoms with Crippen LogP contribution in [0, 0.1) is 5.82 Å². The number of halogens is 3. The Balaban J connectivity index is 2.13. The van der Waals surface area contributed by atoms with E-state index >= 15 is 0 Å². The molecule has 0 bridgehead atoms. The van der Waals surface area contributed by atoms with Gasteiger partial charge in [-0.1, -0.05) is 23.7 Å². The number of carbonyl (C=O) groups excluding carboxylic acids is 1. The smallest absolute Gasteiger partial charge is 0.229 e. The fourth-order valence-corrected chi connectivity index (χ4v) is 2.61. The van der Waals surface area contributed by atoms with Gasteiger partial charge in [-0.3, -0.25) is 4.79 Å². The summed E-state index contributed by atoms with van der Waals surface area (Å²) in [6.07, 6.45) is 0. The minimum Gasteiger partial charge on any atom is -0.451 e. The second kappa shape index (κ2) is 5.04. The molecule has 1 heterocycles. The van der Waals surface area contributed by atoms with Crippen molar-refractivity contribution in [3.05, 3.63) is 69.1 Å². The van der Waals surface area contributed by atoms with E-state index in [1.807, 2.05) is 18.2 Å². The molecule has 3 rings (SSSR count). The van der Waals surface area contributed by atoms with Crippen LogP contribution in [0.1, 0.15) is 16.1 Å². The average molecular weight is 354 g/mol. The molecule has 0 saturated heterocycles. The monoisotopic (exact) mass is 352 g/mol. The van der Waals surface area contributed by atoms with Crippen molar-refractivity contribution in [3.63, 3.8) is 0 Å². The highest BCUT2D eigenvalue weighted by atomic mass is 79.9. The van der Waals surface area contributed by atoms with Crippen molar-refractivity contribution in [2.45, 2.75) is 0 Å². The molecule has 3 aromatic rings. The zero-order valence-electron chi connectivity index (χ0n) is 9.99. The summed E-state index contributed by atoms with van der Waals surface area (Å²) in [7, 11) is 0. The van der Waals surface area contributed by atoms with Crippen LogP contribution in [-0.4, -0.2) is 5.78 Å². The number of ketones is 1. The van der Waals surface area contributed by atoms with Gasteiger partial charge < -0.3 is 4.42 Å². The second-order valence-electron chi connectivity index (χ2n) is 4.22. The van der Waals surface area contributed by atoms with E-state index < -0.39 is 11.6 Å². The first-order valence-electron chi connectivity index (χ1n) is 5.74. The highest BCUT2D eigenvalue weighted by molar-refractivity contribution is 9.10. The van der Waals surface area contributed by atoms with Gasteiger partial charge in [0.2, 0.25) is 5.78 Å². The molecule has 0 radical (unpaired) electrons. The Bertz CT molecular complexity index is 826. The summed E-state index contributed by atoms with van der Waals surface area (Å²) in [5, 5.41) is 0.978. The van der Waals surface area contributed by atoms with E-state index in [2.05, 4.69) is 15.9 Å². The Hall–Kier alpha value is -1.65. The Morgan fingerprint density at radius 2 is 2.00 bits per heavy atom. The number of rotatable bonds is 2. The number of furan rings is 1. The summed E-state index contributed by atoms with van der Waals surface area (Å²) < 4.78 is 19.5. The van der Waals surface area contributed by atoms with Crippen molar-refractivity contribution < 1.29 is 13.6 Å². The van der Waals surface area contributed by atoms with E-state index in [9.17, 15) is 9.18 Å². The summed E-state index contributed by atoms with van der Waals surface area (Å²) in [6.45, 7) is 0. The molecule has 0 saturated carbocycles. The second-order valence-corrected chi connectivity index (χ2v) is 5.48. The van der Waals surface area contributed by atoms with Crippen LogP contribution in [0.3, 0.4) is 0 Å². The SMILES string of the molecule is O=C(c1cc2cccc(Br)c2o1)c1cc(F)ccc1Cl. The molecule has 0 fully saturated rings. The van der Waals surface area contributed by atoms with Crippen molar-refractivity contribution in [1.82, 2.24) is 0 Å². The third-order valence-electron chi connectivity index (χ3n) is 2.89. The summed E-state index contributed by atoms with van der Waals surface area (Å²) >= 11 is 9.28. The van der Waals surface area contributed by atoms with Crippen molar-refractivity contribution in [1.29, 1.82) is 0 Å². The maximum absolute atomic E-state index is 13.2. The summed E-state index contributed by atoms with van der Waals surface area (Å²) in [4.78, 5) is 12.3. The number of hydrogen-bond acceptors (Lipinski definition) is 2. The number of benzene rings is 2. The zero-order valence-corrected chi connectivity index (χ0v) is 12.3. The van der Waals surface area contributed by atoms with E-state index in [0.717, 1.165) is 15.9 Å². The number of carbonyl (C=O) groups is 1. The first kappa shape index (κ1) is 13.3. The molecule has 0 unspecified atom stereocenters. The Morgan fingerprint density at radius 1 is 1.20 bits per heavy atom. The highest BCUT2D eigenvalue weighted by Crippen LogP contribution is 2.29. The maximum Gasteiger partial charge on any atom is 0.229 e. The van der Waals surface area contributed by atoms with Gasteiger partial charge in [-0.25, -0.2) is 4.39 Å². The van der Waals surface area contributed by atoms with Crippen molar-refractivity contribution in [2.24, 2.45) is 0 Å². The molecule has 0 N–H and O–H groups in total. The van der Waals surface area contributed by atoms with E-state index in [0.29, 0.717) is 5.58 Å². The lowest BCUT2D eigenvalue weighted by Crippen LogP contribution is -2.01. The van der Waals surface area contributed by atoms with Gasteiger partial charge in [0.15, 0.2) is 5.76 Å². The lowest BCUT2D eigenvalue weighted by molar-refractivity contribution is 0.101. The van der Waals surface area contributed by atoms with E-state index in [1.54, 1.807) is 6.07 Å². The Morgan fingerprint density at radius 3 is 2.75 bits per heavy atom. The lowest BCUT2D eigenvalue weighted by atomic mass is 10.1. The first-order chi connectivity index (χ1) is 9.56. The molecule has 20 heavy (non-hydrogen) atoms. The quantitative estimate of drug-likeness (QED) is 0.591. The molecular formula is C15H7BrClFO2. The van der Waals surface area contributed by atoms with Crippen LogP contribution in [0.25, 0.3) is 11.0 Å². The normalized spacial score (nSPS) is 10.9. The van der Waals surface area contributed by atoms with Crippen LogP contribution in [0.4, 0.5) is 4.39 Å². The number of fused-ring (bicyclic) bond motifs is 1. The van der Waals surface area contributed by atoms with Gasteiger partial charge in [0.05, 0.1) is 9.50 Å². The van der Waals surface area contributed by atoms with Crippen LogP contribution in [-0.2, 0) is 0 Å². The van der Waals surface area contributed by atoms with Crippen LogP contribution >= 0.6 is 27.5 Å². The topological polar surface area (TPSA) is 30.2 Å². The third kappa shape index (κ3) is 2.25. The van der Waals surface area contributed by atoms with Crippen LogP contribution in [0.15, 0.2) is 51.4 Å². The fourth-order valence-electron chi connectivity index (χ4n) is 1.94. The molecular weight excluding hydrogens is 347 g/mol. The van der Waals surface area contributed by atoms with Gasteiger partial charge in [0, 0.05) is 10.9 Å². The van der Waals surface area contributed by atoms with E-state index in [-0.39, 0.29) is 16.3 Å². The molecule has 0 spiro atoms. The predicted octanol–water partition coefficient (Wildman–Crippen LogP) is 5.22. The molecule has 0 aliphatic rings. The molecule has 0 aliphatic carbocycles. The fraction of sp³-hybridized carbons (Fsp3) is 0. The lowest BCUT2D eigenvalue weighted by Gasteiger charge is -2.00. The third-order valence-corrected chi connectivity index (χ3v) is 3.85. The highest BCUT2D eigenvalue weighted by Gasteiger charge is 2.18. The maximum atomic E-state index is 13.2. The van der Waals surface area contributed by atoms with Crippen molar-refractivity contribution >= 4 is 44.3 Å². The molecule has 0 aliphatic heterocycles. The number of para-hydroxylation sites is 1. The first-order valence-corrected chi connectivity index (χ1v) is 6.91. The van der Waals surface area contributed by atoms with Gasteiger partial charge >= 0.3 is 0 Å². The summed E-state index contributed by atoms with van der Waals surface area (Å²) in [5.74, 6) is -0.841. The molecule has 100 valence electrons. The van der Waals surface area contributed by atoms with Crippen LogP contribution in [0.2, 0.25) is 5.02 Å². The minimum atomic E-state index is -0.518. The summed E-state index contributed by atoms with van der Waals surface area (Å²) in [6, 6.07) is 10.8. The van der Waals surface area contributed by atoms with Gasteiger partial charge in [-0.15, -0.1) is 0 Å². The van der Waals surface area contributed by atoms with Gasteiger partial charge in [-0.2, -0.15) is 0 Å². The molecule has 0 amide bonds. The minimum absolute atomic E-state index is 0.0850. The van der Waals surface area contributed by atoms with Gasteiger partial charge in [0.25, 0.3) is 0 Å². The largest absolute Gasteiger partial charge is 0.451 e. The molecule has 1 aromatic heterocycles. The Labute approximate surface area is 127 Å².